The Hall–Kier alpha value is -4.78. The van der Waals surface area contributed by atoms with Gasteiger partial charge in [0.1, 0.15) is 158 Å². The molecule has 1 aromatic rings. The van der Waals surface area contributed by atoms with Gasteiger partial charge in [-0.15, -0.1) is 0 Å². The lowest BCUT2D eigenvalue weighted by Gasteiger charge is -2.72. The van der Waals surface area contributed by atoms with Crippen LogP contribution in [-0.4, -0.2) is 401 Å². The fraction of sp³-hybridized carbons (Fsp3) is 0.837. The number of rotatable bonds is 25. The minimum absolute atomic E-state index is 0.0137. The van der Waals surface area contributed by atoms with Gasteiger partial charge in [-0.25, -0.2) is 4.79 Å². The molecular weight excluding hydrogens is 1700 g/mol. The maximum Gasteiger partial charge on any atom is 0.331 e. The molecule has 724 valence electrons. The molecule has 1 aromatic carbocycles. The first-order chi connectivity index (χ1) is 60.3. The lowest BCUT2D eigenvalue weighted by atomic mass is 9.33. The predicted octanol–water partition coefficient (Wildman–Crippen LogP) is -5.59. The van der Waals surface area contributed by atoms with Gasteiger partial charge < -0.3 is 188 Å². The molecule has 8 saturated heterocycles. The molecule has 0 bridgehead atoms. The van der Waals surface area contributed by atoms with E-state index >= 15 is 4.79 Å². The van der Waals surface area contributed by atoms with Crippen LogP contribution in [0.25, 0.3) is 6.08 Å². The summed E-state index contributed by atoms with van der Waals surface area (Å²) in [5, 5.41) is 217. The quantitative estimate of drug-likeness (QED) is 0.0143. The van der Waals surface area contributed by atoms with Crippen LogP contribution >= 0.6 is 0 Å². The number of nitrogens with one attached hydrogen (secondary N) is 1. The Morgan fingerprint density at radius 3 is 1.74 bits per heavy atom. The van der Waals surface area contributed by atoms with E-state index in [1.54, 1.807) is 30.3 Å². The Bertz CT molecular complexity index is 4020. The van der Waals surface area contributed by atoms with Gasteiger partial charge in [-0.05, 0) is 114 Å². The molecule has 128 heavy (non-hydrogen) atoms. The number of hydrogen-bond donors (Lipinski definition) is 20. The number of benzene rings is 1. The SMILES string of the molecule is CC(=O)N[C@H]1[C@H](O[C@H]2CC[C@]3(C)[C@H]4CC=C5[C@@H]6CC(C)(C)CC[C@]6(C(=O)O[C@@H]6O[C@H](COC(C)=O)[C@@H](O[C@@H]7OC[C@@H](O)[C@H](O)[C@H]7OC(=O)/C=C/c7ccccc7)[C@H](O)[C@H]6O[C@@H]6OC[C@@H](O)[C@H](O[C@@H]7OC[C@](O)(CO)[C@H]7O)[C@H]6O)[C@H](O)C[C@@]5(C)[C@]4(C)CC[C@H]3C2(C)C)O[C@H](CO[C@@H]2OC[C@H](O)[C@H](O[C@@H]3OC[C@H](O)[C@H](O)[C@H]3O)[C@H]2O)[C@@H](O[C@@H]2O[C@H](CO)[C@@H](O)[C@H](O)[C@H]2O)[C@@H]1O. The zero-order valence-corrected chi connectivity index (χ0v) is 72.8. The number of aliphatic hydroxyl groups is 19. The molecule has 8 heterocycles. The number of allylic oxidation sites excluding steroid dienone is 2. The highest BCUT2D eigenvalue weighted by molar-refractivity contribution is 5.87. The molecule has 5 aliphatic carbocycles. The highest BCUT2D eigenvalue weighted by Crippen LogP contribution is 2.76. The van der Waals surface area contributed by atoms with Crippen molar-refractivity contribution in [3.05, 3.63) is 53.6 Å². The lowest BCUT2D eigenvalue weighted by Crippen LogP contribution is -2.69. The van der Waals surface area contributed by atoms with Crippen molar-refractivity contribution in [2.45, 2.75) is 341 Å². The summed E-state index contributed by atoms with van der Waals surface area (Å²) in [7, 11) is 0. The van der Waals surface area contributed by atoms with E-state index in [1.807, 2.05) is 0 Å². The van der Waals surface area contributed by atoms with Gasteiger partial charge in [0, 0.05) is 19.9 Å². The standard InChI is InChI=1S/C86H129NO41/c1-36(90)87-53-57(101)66(125-75-60(104)58(102)56(100)45(27-88)118-75)47(33-116-72-62(106)64(43(94)30-112-72)123-73-59(103)54(98)41(92)28-113-73)119-71(53)121-51-20-21-82(7)48(81(51,5)6)19-22-83(8)49(82)17-16-39-40-25-80(3,4)23-24-86(40,50(96)26-84(39,83)9)79(109)128-77-69(127-74-63(107)65(44(95)31-114-74)124-78-70(108)85(110,34-89)35-117-78)61(105)67(46(120-77)32-111-37(2)91)126-76-68(55(99)42(93)29-115-76)122-52(97)18-15-38-13-11-10-12-14-38/h10-16,18,40-51,53-78,88-89,92-96,98-108,110H,17,19-35H2,1-9H3,(H,87,90)/b18-15+/t40-,41-,42+,43-,44+,45+,46+,47+,48-,49+,50+,51-,53+,54-,55-,56+,57+,58-,59+,60+,61-,62+,63+,64-,65-,66+,67+,68+,69+,70-,71-,72-,73-,74-,75-,76-,77-,78-,82-,83+,84+,85+,86+/m0/s1. The number of hydrogen-bond acceptors (Lipinski definition) is 41. The van der Waals surface area contributed by atoms with Crippen molar-refractivity contribution < 1.29 is 201 Å². The summed E-state index contributed by atoms with van der Waals surface area (Å²) in [6.45, 7) is 10.9. The molecule has 1 amide bonds. The Morgan fingerprint density at radius 2 is 1.09 bits per heavy atom. The Morgan fingerprint density at radius 1 is 0.508 bits per heavy atom. The van der Waals surface area contributed by atoms with Gasteiger partial charge in [-0.1, -0.05) is 90.4 Å². The molecule has 8 aliphatic heterocycles. The van der Waals surface area contributed by atoms with Crippen LogP contribution in [-0.2, 0) is 104 Å². The van der Waals surface area contributed by atoms with Crippen LogP contribution in [0.1, 0.15) is 126 Å². The second-order valence-corrected chi connectivity index (χ2v) is 39.1. The summed E-state index contributed by atoms with van der Waals surface area (Å²) in [5.41, 5.74) is -5.77. The van der Waals surface area contributed by atoms with Crippen LogP contribution in [0.15, 0.2) is 48.1 Å². The first-order valence-electron chi connectivity index (χ1n) is 44.0. The Kier molecular flexibility index (Phi) is 30.3. The Labute approximate surface area is 738 Å². The van der Waals surface area contributed by atoms with E-state index in [9.17, 15) is 111 Å². The summed E-state index contributed by atoms with van der Waals surface area (Å²) in [5.74, 6) is -4.60. The normalized spacial score (nSPS) is 48.9. The van der Waals surface area contributed by atoms with Gasteiger partial charge in [-0.3, -0.25) is 14.4 Å². The van der Waals surface area contributed by atoms with Crippen molar-refractivity contribution in [2.75, 3.05) is 59.5 Å². The van der Waals surface area contributed by atoms with Crippen molar-refractivity contribution in [2.24, 2.45) is 50.2 Å². The van der Waals surface area contributed by atoms with Gasteiger partial charge in [0.25, 0.3) is 0 Å². The van der Waals surface area contributed by atoms with Crippen LogP contribution in [0.2, 0.25) is 0 Å². The zero-order valence-electron chi connectivity index (χ0n) is 72.8. The van der Waals surface area contributed by atoms with E-state index in [-0.39, 0.29) is 24.7 Å². The van der Waals surface area contributed by atoms with Crippen molar-refractivity contribution >= 4 is 29.9 Å². The summed E-state index contributed by atoms with van der Waals surface area (Å²) in [4.78, 5) is 56.2. The lowest BCUT2D eigenvalue weighted by molar-refractivity contribution is -0.377. The Balaban J connectivity index is 0.737. The zero-order chi connectivity index (χ0) is 92.7. The number of fused-ring (bicyclic) bond motifs is 7. The van der Waals surface area contributed by atoms with Gasteiger partial charge >= 0.3 is 17.9 Å². The van der Waals surface area contributed by atoms with Gasteiger partial charge in [-0.2, -0.15) is 0 Å². The molecule has 20 N–H and O–H groups in total. The minimum Gasteiger partial charge on any atom is -0.463 e. The topological polar surface area (TPSA) is 631 Å². The van der Waals surface area contributed by atoms with E-state index in [0.717, 1.165) is 18.6 Å². The molecule has 43 atom stereocenters. The molecule has 0 radical (unpaired) electrons. The molecule has 13 aliphatic rings. The molecule has 12 fully saturated rings. The third kappa shape index (κ3) is 18.9. The predicted molar refractivity (Wildman–Crippen MR) is 425 cm³/mol. The molecule has 42 nitrogen and oxygen atoms in total. The molecule has 14 rings (SSSR count). The average Bonchev–Trinajstić information content (AvgIpc) is 0.712. The van der Waals surface area contributed by atoms with Crippen molar-refractivity contribution in [1.82, 2.24) is 5.32 Å². The summed E-state index contributed by atoms with van der Waals surface area (Å²) in [6.07, 6.45) is -52.2. The summed E-state index contributed by atoms with van der Waals surface area (Å²) < 4.78 is 109. The van der Waals surface area contributed by atoms with Gasteiger partial charge in [0.15, 0.2) is 56.2 Å². The summed E-state index contributed by atoms with van der Waals surface area (Å²) >= 11 is 0. The number of esters is 3. The van der Waals surface area contributed by atoms with E-state index in [2.05, 4.69) is 59.9 Å². The smallest absolute Gasteiger partial charge is 0.331 e. The van der Waals surface area contributed by atoms with Crippen LogP contribution in [0.4, 0.5) is 0 Å². The van der Waals surface area contributed by atoms with Crippen LogP contribution < -0.4 is 5.32 Å². The maximum absolute atomic E-state index is 16.4. The van der Waals surface area contributed by atoms with E-state index in [4.69, 9.17) is 85.3 Å². The molecular formula is C86H129NO41. The second-order valence-electron chi connectivity index (χ2n) is 39.1. The highest BCUT2D eigenvalue weighted by Gasteiger charge is 2.73. The number of amides is 1. The largest absolute Gasteiger partial charge is 0.463 e. The molecule has 42 heteroatoms. The van der Waals surface area contributed by atoms with Gasteiger partial charge in [0.2, 0.25) is 12.2 Å². The third-order valence-corrected chi connectivity index (χ3v) is 30.1. The number of aliphatic hydroxyl groups excluding tert-OH is 18. The number of ether oxygens (including phenoxy) is 18. The fourth-order valence-corrected chi connectivity index (χ4v) is 22.7. The minimum atomic E-state index is -2.22. The van der Waals surface area contributed by atoms with Crippen LogP contribution in [0, 0.1) is 50.2 Å². The average molecular weight is 1830 g/mol. The molecule has 0 aromatic heterocycles. The number of carbonyl (C=O) groups is 4. The molecule has 0 unspecified atom stereocenters. The number of carbonyl (C=O) groups excluding carboxylic acids is 4. The van der Waals surface area contributed by atoms with E-state index in [0.29, 0.717) is 50.5 Å². The van der Waals surface area contributed by atoms with Crippen molar-refractivity contribution in [3.8, 4) is 0 Å². The third-order valence-electron chi connectivity index (χ3n) is 30.1. The second kappa shape index (κ2) is 39.1. The van der Waals surface area contributed by atoms with Crippen LogP contribution in [0.3, 0.4) is 0 Å². The maximum atomic E-state index is 16.4. The first kappa shape index (κ1) is 99.2. The molecule has 4 saturated carbocycles. The van der Waals surface area contributed by atoms with Crippen molar-refractivity contribution in [3.63, 3.8) is 0 Å². The summed E-state index contributed by atoms with van der Waals surface area (Å²) in [6, 6.07) is 7.12. The molecule has 0 spiro atoms. The van der Waals surface area contributed by atoms with Crippen LogP contribution in [0.5, 0.6) is 0 Å². The fourth-order valence-electron chi connectivity index (χ4n) is 22.7. The van der Waals surface area contributed by atoms with E-state index < -0.39 is 342 Å². The van der Waals surface area contributed by atoms with Gasteiger partial charge in [0.05, 0.1) is 65.1 Å². The van der Waals surface area contributed by atoms with Crippen molar-refractivity contribution in [1.29, 1.82) is 0 Å². The highest BCUT2D eigenvalue weighted by atomic mass is 16.8. The first-order valence-corrected chi connectivity index (χ1v) is 44.0. The van der Waals surface area contributed by atoms with E-state index in [1.165, 1.54) is 13.0 Å². The monoisotopic (exact) mass is 1830 g/mol.